The average molecular weight is 467 g/mol. The van der Waals surface area contributed by atoms with Gasteiger partial charge in [0.2, 0.25) is 5.91 Å². The predicted molar refractivity (Wildman–Crippen MR) is 129 cm³/mol. The summed E-state index contributed by atoms with van der Waals surface area (Å²) in [4.78, 5) is 22.5. The zero-order valence-corrected chi connectivity index (χ0v) is 19.3. The van der Waals surface area contributed by atoms with Gasteiger partial charge in [-0.25, -0.2) is 4.98 Å². The van der Waals surface area contributed by atoms with Crippen LogP contribution in [0.5, 0.6) is 0 Å². The van der Waals surface area contributed by atoms with E-state index in [-0.39, 0.29) is 5.91 Å². The summed E-state index contributed by atoms with van der Waals surface area (Å²) in [6.45, 7) is 2.46. The van der Waals surface area contributed by atoms with Crippen LogP contribution in [0.3, 0.4) is 0 Å². The Balaban J connectivity index is 1.70. The molecule has 4 aromatic rings. The summed E-state index contributed by atoms with van der Waals surface area (Å²) < 4.78 is 2.05. The molecule has 0 unspecified atom stereocenters. The summed E-state index contributed by atoms with van der Waals surface area (Å²) in [7, 11) is 0. The number of carbonyl (C=O) groups is 1. The summed E-state index contributed by atoms with van der Waals surface area (Å²) in [5, 5.41) is 4.23. The number of benzene rings is 2. The Morgan fingerprint density at radius 3 is 2.66 bits per heavy atom. The first kappa shape index (κ1) is 22.3. The van der Waals surface area contributed by atoms with Gasteiger partial charge in [-0.2, -0.15) is 0 Å². The largest absolute Gasteiger partial charge is 0.349 e. The second kappa shape index (κ2) is 10.2. The number of aromatic nitrogens is 3. The summed E-state index contributed by atoms with van der Waals surface area (Å²) >= 11 is 12.5. The normalized spacial score (nSPS) is 12.1. The third-order valence-electron chi connectivity index (χ3n) is 5.38. The highest BCUT2D eigenvalue weighted by molar-refractivity contribution is 6.35. The molecule has 0 aliphatic rings. The molecule has 32 heavy (non-hydrogen) atoms. The first-order valence-electron chi connectivity index (χ1n) is 10.6. The molecule has 0 saturated heterocycles. The van der Waals surface area contributed by atoms with Crippen LogP contribution in [0.25, 0.3) is 11.0 Å². The summed E-state index contributed by atoms with van der Waals surface area (Å²) in [6.07, 6.45) is 3.77. The Kier molecular flexibility index (Phi) is 7.08. The number of amides is 1. The van der Waals surface area contributed by atoms with E-state index in [9.17, 15) is 4.79 Å². The van der Waals surface area contributed by atoms with E-state index in [0.717, 1.165) is 34.5 Å². The summed E-state index contributed by atoms with van der Waals surface area (Å²) in [5.74, 6) is 0.742. The molecule has 0 fully saturated rings. The molecule has 4 rings (SSSR count). The number of rotatable bonds is 8. The number of imidazole rings is 1. The Morgan fingerprint density at radius 2 is 1.91 bits per heavy atom. The van der Waals surface area contributed by atoms with Gasteiger partial charge < -0.3 is 9.88 Å². The van der Waals surface area contributed by atoms with E-state index in [1.807, 2.05) is 54.6 Å². The number of para-hydroxylation sites is 2. The summed E-state index contributed by atoms with van der Waals surface area (Å²) in [6, 6.07) is 18.6. The first-order chi connectivity index (χ1) is 15.6. The Hall–Kier alpha value is -2.89. The van der Waals surface area contributed by atoms with Crippen molar-refractivity contribution in [2.24, 2.45) is 0 Å². The van der Waals surface area contributed by atoms with Crippen LogP contribution in [0.4, 0.5) is 0 Å². The van der Waals surface area contributed by atoms with E-state index >= 15 is 0 Å². The van der Waals surface area contributed by atoms with Crippen molar-refractivity contribution in [3.63, 3.8) is 0 Å². The highest BCUT2D eigenvalue weighted by Crippen LogP contribution is 2.29. The zero-order chi connectivity index (χ0) is 22.5. The molecular weight excluding hydrogens is 443 g/mol. The topological polar surface area (TPSA) is 59.8 Å². The average Bonchev–Trinajstić information content (AvgIpc) is 3.16. The molecule has 2 aromatic heterocycles. The quantitative estimate of drug-likeness (QED) is 0.347. The molecular formula is C25H24Cl2N4O. The van der Waals surface area contributed by atoms with Gasteiger partial charge in [-0.1, -0.05) is 60.8 Å². The van der Waals surface area contributed by atoms with Crippen molar-refractivity contribution in [1.29, 1.82) is 0 Å². The number of nitrogens with one attached hydrogen (secondary N) is 1. The van der Waals surface area contributed by atoms with Gasteiger partial charge in [0.15, 0.2) is 0 Å². The fourth-order valence-electron chi connectivity index (χ4n) is 3.85. The molecule has 0 radical (unpaired) electrons. The van der Waals surface area contributed by atoms with E-state index < -0.39 is 6.04 Å². The third-order valence-corrected chi connectivity index (χ3v) is 5.97. The lowest BCUT2D eigenvalue weighted by molar-refractivity contribution is -0.124. The van der Waals surface area contributed by atoms with Crippen molar-refractivity contribution in [2.45, 2.75) is 38.8 Å². The lowest BCUT2D eigenvalue weighted by Gasteiger charge is -2.21. The van der Waals surface area contributed by atoms with Crippen molar-refractivity contribution < 1.29 is 4.79 Å². The molecule has 0 spiro atoms. The van der Waals surface area contributed by atoms with Crippen molar-refractivity contribution >= 4 is 40.1 Å². The van der Waals surface area contributed by atoms with E-state index in [1.54, 1.807) is 12.3 Å². The highest BCUT2D eigenvalue weighted by Gasteiger charge is 2.25. The fraction of sp³-hybridized carbons (Fsp3) is 0.240. The van der Waals surface area contributed by atoms with Gasteiger partial charge in [-0.15, -0.1) is 0 Å². The number of carbonyl (C=O) groups excluding carboxylic acids is 1. The van der Waals surface area contributed by atoms with Gasteiger partial charge in [0, 0.05) is 22.7 Å². The number of hydrogen-bond donors (Lipinski definition) is 1. The lowest BCUT2D eigenvalue weighted by Crippen LogP contribution is -2.33. The smallest absolute Gasteiger partial charge is 0.243 e. The standard InChI is InChI=1S/C25H24Cl2N4O/c1-2-7-23(25(32)29-16-19-8-5-6-13-28-19)31-22-10-4-3-9-21(22)30-24(31)14-17-11-12-18(26)15-20(17)27/h3-6,8-13,15,23H,2,7,14,16H2,1H3,(H,29,32)/t23-/m1/s1. The van der Waals surface area contributed by atoms with Crippen LogP contribution < -0.4 is 5.32 Å². The molecule has 2 heterocycles. The molecule has 0 aliphatic carbocycles. The van der Waals surface area contributed by atoms with Gasteiger partial charge in [0.1, 0.15) is 11.9 Å². The van der Waals surface area contributed by atoms with Crippen molar-refractivity contribution in [3.05, 3.63) is 94.0 Å². The second-order valence-electron chi connectivity index (χ2n) is 7.64. The number of fused-ring (bicyclic) bond motifs is 1. The number of nitrogens with zero attached hydrogens (tertiary/aromatic N) is 3. The maximum Gasteiger partial charge on any atom is 0.243 e. The number of hydrogen-bond acceptors (Lipinski definition) is 3. The Labute approximate surface area is 197 Å². The zero-order valence-electron chi connectivity index (χ0n) is 17.8. The van der Waals surface area contributed by atoms with Crippen LogP contribution in [0.15, 0.2) is 66.9 Å². The van der Waals surface area contributed by atoms with Crippen LogP contribution >= 0.6 is 23.2 Å². The molecule has 7 heteroatoms. The molecule has 0 bridgehead atoms. The number of pyridine rings is 1. The molecule has 5 nitrogen and oxygen atoms in total. The van der Waals surface area contributed by atoms with Crippen molar-refractivity contribution in [3.8, 4) is 0 Å². The van der Waals surface area contributed by atoms with Gasteiger partial charge in [-0.3, -0.25) is 9.78 Å². The minimum atomic E-state index is -0.391. The molecule has 0 aliphatic heterocycles. The molecule has 164 valence electrons. The maximum absolute atomic E-state index is 13.3. The predicted octanol–water partition coefficient (Wildman–Crippen LogP) is 5.99. The highest BCUT2D eigenvalue weighted by atomic mass is 35.5. The van der Waals surface area contributed by atoms with E-state index in [0.29, 0.717) is 29.4 Å². The monoisotopic (exact) mass is 466 g/mol. The van der Waals surface area contributed by atoms with Gasteiger partial charge in [0.05, 0.1) is 23.3 Å². The van der Waals surface area contributed by atoms with Gasteiger partial charge >= 0.3 is 0 Å². The molecule has 2 aromatic carbocycles. The van der Waals surface area contributed by atoms with Gasteiger partial charge in [-0.05, 0) is 48.4 Å². The van der Waals surface area contributed by atoms with Crippen LogP contribution in [0.2, 0.25) is 10.0 Å². The Morgan fingerprint density at radius 1 is 1.09 bits per heavy atom. The first-order valence-corrected chi connectivity index (χ1v) is 11.4. The maximum atomic E-state index is 13.3. The summed E-state index contributed by atoms with van der Waals surface area (Å²) in [5.41, 5.74) is 3.52. The molecule has 0 saturated carbocycles. The van der Waals surface area contributed by atoms with E-state index in [1.165, 1.54) is 0 Å². The minimum absolute atomic E-state index is 0.0518. The SMILES string of the molecule is CCC[C@H](C(=O)NCc1ccccn1)n1c(Cc2ccc(Cl)cc2Cl)nc2ccccc21. The Bertz CT molecular complexity index is 1220. The minimum Gasteiger partial charge on any atom is -0.349 e. The third kappa shape index (κ3) is 4.95. The van der Waals surface area contributed by atoms with Crippen molar-refractivity contribution in [1.82, 2.24) is 19.9 Å². The van der Waals surface area contributed by atoms with E-state index in [2.05, 4.69) is 21.8 Å². The van der Waals surface area contributed by atoms with Crippen LogP contribution in [-0.4, -0.2) is 20.4 Å². The second-order valence-corrected chi connectivity index (χ2v) is 8.49. The molecule has 1 N–H and O–H groups in total. The van der Waals surface area contributed by atoms with Gasteiger partial charge in [0.25, 0.3) is 0 Å². The van der Waals surface area contributed by atoms with Crippen LogP contribution in [0, 0.1) is 0 Å². The number of halogens is 2. The molecule has 1 amide bonds. The van der Waals surface area contributed by atoms with E-state index in [4.69, 9.17) is 28.2 Å². The van der Waals surface area contributed by atoms with Crippen LogP contribution in [-0.2, 0) is 17.8 Å². The van der Waals surface area contributed by atoms with Crippen LogP contribution in [0.1, 0.15) is 42.9 Å². The lowest BCUT2D eigenvalue weighted by atomic mass is 10.1. The fourth-order valence-corrected chi connectivity index (χ4v) is 4.33. The van der Waals surface area contributed by atoms with Crippen molar-refractivity contribution in [2.75, 3.05) is 0 Å². The molecule has 1 atom stereocenters.